The van der Waals surface area contributed by atoms with Gasteiger partial charge in [-0.15, -0.1) is 0 Å². The quantitative estimate of drug-likeness (QED) is 0.885. The molecule has 0 radical (unpaired) electrons. The summed E-state index contributed by atoms with van der Waals surface area (Å²) < 4.78 is 0. The summed E-state index contributed by atoms with van der Waals surface area (Å²) in [6.07, 6.45) is 2.71. The largest absolute Gasteiger partial charge is 0.384 e. The molecule has 1 amide bonds. The van der Waals surface area contributed by atoms with Crippen molar-refractivity contribution in [3.8, 4) is 0 Å². The predicted molar refractivity (Wildman–Crippen MR) is 78.8 cm³/mol. The van der Waals surface area contributed by atoms with Crippen LogP contribution in [0.5, 0.6) is 0 Å². The number of nitrogens with one attached hydrogen (secondary N) is 1. The van der Waals surface area contributed by atoms with E-state index in [-0.39, 0.29) is 5.92 Å². The van der Waals surface area contributed by atoms with E-state index in [0.717, 1.165) is 44.5 Å². The Morgan fingerprint density at radius 3 is 2.60 bits per heavy atom. The highest BCUT2D eigenvalue weighted by Crippen LogP contribution is 2.33. The fraction of sp³-hybridized carbons (Fsp3) is 0.562. The van der Waals surface area contributed by atoms with Gasteiger partial charge in [0.15, 0.2) is 0 Å². The van der Waals surface area contributed by atoms with Crippen molar-refractivity contribution in [2.24, 2.45) is 0 Å². The average Bonchev–Trinajstić information content (AvgIpc) is 3.26. The topological polar surface area (TPSA) is 35.6 Å². The van der Waals surface area contributed by atoms with Gasteiger partial charge in [-0.25, -0.2) is 0 Å². The molecule has 1 aliphatic carbocycles. The number of para-hydroxylation sites is 1. The number of carbonyl (C=O) groups excluding carboxylic acids is 1. The monoisotopic (exact) mass is 271 g/mol. The number of rotatable bonds is 2. The molecule has 1 unspecified atom stereocenters. The number of carbonyl (C=O) groups is 1. The van der Waals surface area contributed by atoms with E-state index in [1.807, 2.05) is 12.1 Å². The second kappa shape index (κ2) is 4.77. The maximum atomic E-state index is 12.7. The van der Waals surface area contributed by atoms with E-state index in [1.165, 1.54) is 18.4 Å². The summed E-state index contributed by atoms with van der Waals surface area (Å²) in [5.74, 6) is 0.316. The fourth-order valence-corrected chi connectivity index (χ4v) is 3.47. The van der Waals surface area contributed by atoms with Crippen molar-refractivity contribution >= 4 is 11.6 Å². The van der Waals surface area contributed by atoms with E-state index >= 15 is 0 Å². The van der Waals surface area contributed by atoms with Crippen LogP contribution in [-0.4, -0.2) is 54.5 Å². The van der Waals surface area contributed by atoms with Crippen molar-refractivity contribution in [2.75, 3.05) is 38.0 Å². The molecule has 0 spiro atoms. The third kappa shape index (κ3) is 2.08. The van der Waals surface area contributed by atoms with Crippen LogP contribution < -0.4 is 5.32 Å². The number of amides is 1. The molecule has 4 nitrogen and oxygen atoms in total. The molecule has 1 aromatic carbocycles. The fourth-order valence-electron chi connectivity index (χ4n) is 3.47. The molecule has 20 heavy (non-hydrogen) atoms. The first-order valence-electron chi connectivity index (χ1n) is 7.68. The van der Waals surface area contributed by atoms with Crippen LogP contribution in [-0.2, 0) is 4.79 Å². The summed E-state index contributed by atoms with van der Waals surface area (Å²) in [4.78, 5) is 17.3. The molecular formula is C16H21N3O. The van der Waals surface area contributed by atoms with Crippen molar-refractivity contribution in [2.45, 2.75) is 24.8 Å². The zero-order chi connectivity index (χ0) is 13.5. The van der Waals surface area contributed by atoms with Gasteiger partial charge in [-0.05, 0) is 24.5 Å². The van der Waals surface area contributed by atoms with E-state index in [2.05, 4.69) is 27.2 Å². The zero-order valence-electron chi connectivity index (χ0n) is 11.7. The highest BCUT2D eigenvalue weighted by molar-refractivity contribution is 5.88. The summed E-state index contributed by atoms with van der Waals surface area (Å²) in [7, 11) is 0. The minimum absolute atomic E-state index is 0.0127. The lowest BCUT2D eigenvalue weighted by Crippen LogP contribution is -2.50. The lowest BCUT2D eigenvalue weighted by Gasteiger charge is -2.36. The SMILES string of the molecule is O=C(C1CNc2ccccc21)N1CCN(C2CC2)CC1. The van der Waals surface area contributed by atoms with E-state index in [9.17, 15) is 4.79 Å². The van der Waals surface area contributed by atoms with Gasteiger partial charge in [0, 0.05) is 44.5 Å². The van der Waals surface area contributed by atoms with Gasteiger partial charge < -0.3 is 10.2 Å². The molecule has 2 aliphatic heterocycles. The Morgan fingerprint density at radius 1 is 1.10 bits per heavy atom. The van der Waals surface area contributed by atoms with Crippen LogP contribution >= 0.6 is 0 Å². The molecule has 1 aromatic rings. The van der Waals surface area contributed by atoms with Crippen LogP contribution in [0.1, 0.15) is 24.3 Å². The first-order chi connectivity index (χ1) is 9.83. The Bertz CT molecular complexity index is 518. The van der Waals surface area contributed by atoms with E-state index in [1.54, 1.807) is 0 Å². The van der Waals surface area contributed by atoms with Gasteiger partial charge in [-0.2, -0.15) is 0 Å². The summed E-state index contributed by atoms with van der Waals surface area (Å²) >= 11 is 0. The van der Waals surface area contributed by atoms with Gasteiger partial charge in [0.05, 0.1) is 5.92 Å². The van der Waals surface area contributed by atoms with E-state index in [4.69, 9.17) is 0 Å². The number of hydrogen-bond donors (Lipinski definition) is 1. The smallest absolute Gasteiger partial charge is 0.232 e. The normalized spacial score (nSPS) is 26.2. The molecule has 1 atom stereocenters. The molecule has 0 aromatic heterocycles. The average molecular weight is 271 g/mol. The van der Waals surface area contributed by atoms with Crippen molar-refractivity contribution < 1.29 is 4.79 Å². The van der Waals surface area contributed by atoms with Crippen molar-refractivity contribution in [1.29, 1.82) is 0 Å². The standard InChI is InChI=1S/C16H21N3O/c20-16(14-11-17-15-4-2-1-3-13(14)15)19-9-7-18(8-10-19)12-5-6-12/h1-4,12,14,17H,5-11H2. The molecule has 3 aliphatic rings. The van der Waals surface area contributed by atoms with E-state index < -0.39 is 0 Å². The van der Waals surface area contributed by atoms with Crippen LogP contribution in [0.3, 0.4) is 0 Å². The molecule has 1 saturated heterocycles. The minimum atomic E-state index is 0.0127. The highest BCUT2D eigenvalue weighted by Gasteiger charge is 2.36. The Morgan fingerprint density at radius 2 is 1.85 bits per heavy atom. The summed E-state index contributed by atoms with van der Waals surface area (Å²) in [5, 5.41) is 3.35. The van der Waals surface area contributed by atoms with Crippen LogP contribution in [0, 0.1) is 0 Å². The Balaban J connectivity index is 1.43. The summed E-state index contributed by atoms with van der Waals surface area (Å²) in [5.41, 5.74) is 2.30. The lowest BCUT2D eigenvalue weighted by atomic mass is 9.99. The zero-order valence-corrected chi connectivity index (χ0v) is 11.7. The maximum Gasteiger partial charge on any atom is 0.232 e. The second-order valence-corrected chi connectivity index (χ2v) is 6.11. The van der Waals surface area contributed by atoms with Gasteiger partial charge in [0.2, 0.25) is 5.91 Å². The van der Waals surface area contributed by atoms with Crippen molar-refractivity contribution in [1.82, 2.24) is 9.80 Å². The highest BCUT2D eigenvalue weighted by atomic mass is 16.2. The molecule has 0 bridgehead atoms. The number of benzene rings is 1. The van der Waals surface area contributed by atoms with Crippen LogP contribution in [0.15, 0.2) is 24.3 Å². The molecule has 4 heteroatoms. The maximum absolute atomic E-state index is 12.7. The van der Waals surface area contributed by atoms with Crippen molar-refractivity contribution in [3.05, 3.63) is 29.8 Å². The first-order valence-corrected chi connectivity index (χ1v) is 7.68. The molecule has 1 saturated carbocycles. The molecule has 1 N–H and O–H groups in total. The Hall–Kier alpha value is -1.55. The van der Waals surface area contributed by atoms with Crippen LogP contribution in [0.4, 0.5) is 5.69 Å². The minimum Gasteiger partial charge on any atom is -0.384 e. The van der Waals surface area contributed by atoms with Gasteiger partial charge in [0.25, 0.3) is 0 Å². The van der Waals surface area contributed by atoms with Crippen LogP contribution in [0.25, 0.3) is 0 Å². The number of nitrogens with zero attached hydrogens (tertiary/aromatic N) is 2. The number of fused-ring (bicyclic) bond motifs is 1. The Labute approximate surface area is 119 Å². The molecule has 2 fully saturated rings. The number of hydrogen-bond acceptors (Lipinski definition) is 3. The third-order valence-electron chi connectivity index (χ3n) is 4.82. The lowest BCUT2D eigenvalue weighted by molar-refractivity contribution is -0.134. The first kappa shape index (κ1) is 12.2. The number of piperazine rings is 1. The van der Waals surface area contributed by atoms with Crippen molar-refractivity contribution in [3.63, 3.8) is 0 Å². The Kier molecular flexibility index (Phi) is 2.91. The molecule has 4 rings (SSSR count). The molecule has 106 valence electrons. The van der Waals surface area contributed by atoms with E-state index in [0.29, 0.717) is 5.91 Å². The van der Waals surface area contributed by atoms with Gasteiger partial charge in [-0.3, -0.25) is 9.69 Å². The van der Waals surface area contributed by atoms with Gasteiger partial charge >= 0.3 is 0 Å². The predicted octanol–water partition coefficient (Wildman–Crippen LogP) is 1.50. The summed E-state index contributed by atoms with van der Waals surface area (Å²) in [6.45, 7) is 4.65. The second-order valence-electron chi connectivity index (χ2n) is 6.11. The van der Waals surface area contributed by atoms with Gasteiger partial charge in [-0.1, -0.05) is 18.2 Å². The third-order valence-corrected chi connectivity index (χ3v) is 4.82. The molecule has 2 heterocycles. The molecular weight excluding hydrogens is 250 g/mol. The van der Waals surface area contributed by atoms with Crippen LogP contribution in [0.2, 0.25) is 0 Å². The summed E-state index contributed by atoms with van der Waals surface area (Å²) in [6, 6.07) is 9.01. The number of anilines is 1. The van der Waals surface area contributed by atoms with Gasteiger partial charge in [0.1, 0.15) is 0 Å².